The van der Waals surface area contributed by atoms with E-state index in [2.05, 4.69) is 10.6 Å². The molecule has 2 rings (SSSR count). The Kier molecular flexibility index (Phi) is 4.98. The molecule has 6 heteroatoms. The molecule has 0 atom stereocenters. The van der Waals surface area contributed by atoms with E-state index in [1.807, 2.05) is 12.1 Å². The van der Waals surface area contributed by atoms with E-state index in [9.17, 15) is 9.59 Å². The zero-order valence-corrected chi connectivity index (χ0v) is 12.0. The number of rotatable bonds is 4. The molecule has 0 aliphatic rings. The van der Waals surface area contributed by atoms with Crippen LogP contribution in [0.15, 0.2) is 48.5 Å². The van der Waals surface area contributed by atoms with Crippen LogP contribution in [-0.4, -0.2) is 23.9 Å². The Bertz CT molecular complexity index is 685. The van der Waals surface area contributed by atoms with E-state index in [0.29, 0.717) is 11.4 Å². The van der Waals surface area contributed by atoms with Crippen molar-refractivity contribution in [3.63, 3.8) is 0 Å². The van der Waals surface area contributed by atoms with E-state index in [1.165, 1.54) is 0 Å². The summed E-state index contributed by atoms with van der Waals surface area (Å²) in [5, 5.41) is 13.9. The molecule has 0 saturated carbocycles. The monoisotopic (exact) mass is 300 g/mol. The summed E-state index contributed by atoms with van der Waals surface area (Å²) in [4.78, 5) is 22.3. The van der Waals surface area contributed by atoms with Crippen LogP contribution in [0.1, 0.15) is 6.92 Å². The number of benzene rings is 2. The third kappa shape index (κ3) is 3.99. The predicted molar refractivity (Wildman–Crippen MR) is 84.2 cm³/mol. The molecule has 0 aliphatic heterocycles. The number of carboxylic acid groups (broad SMARTS) is 1. The number of hydrogen-bond donors (Lipinski definition) is 3. The molecule has 0 spiro atoms. The van der Waals surface area contributed by atoms with Gasteiger partial charge in [-0.15, -0.1) is 0 Å². The van der Waals surface area contributed by atoms with E-state index in [1.54, 1.807) is 43.3 Å². The quantitative estimate of drug-likeness (QED) is 0.796. The number of carbonyl (C=O) groups is 2. The molecule has 6 nitrogen and oxygen atoms in total. The van der Waals surface area contributed by atoms with Gasteiger partial charge in [0.25, 0.3) is 0 Å². The second-order valence-corrected chi connectivity index (χ2v) is 4.40. The molecule has 2 aromatic carbocycles. The summed E-state index contributed by atoms with van der Waals surface area (Å²) in [5.41, 5.74) is 2.54. The lowest BCUT2D eigenvalue weighted by Crippen LogP contribution is -2.13. The summed E-state index contributed by atoms with van der Waals surface area (Å²) in [7, 11) is 0. The average Bonchev–Trinajstić information content (AvgIpc) is 2.47. The lowest BCUT2D eigenvalue weighted by atomic mass is 10.0. The molecule has 0 fully saturated rings. The van der Waals surface area contributed by atoms with Crippen LogP contribution >= 0.6 is 0 Å². The highest BCUT2D eigenvalue weighted by atomic mass is 16.5. The zero-order valence-electron chi connectivity index (χ0n) is 12.0. The van der Waals surface area contributed by atoms with Crippen molar-refractivity contribution in [1.29, 1.82) is 0 Å². The van der Waals surface area contributed by atoms with Crippen molar-refractivity contribution in [2.75, 3.05) is 17.2 Å². The first-order chi connectivity index (χ1) is 10.6. The van der Waals surface area contributed by atoms with Gasteiger partial charge in [-0.25, -0.2) is 9.59 Å². The Labute approximate surface area is 127 Å². The zero-order chi connectivity index (χ0) is 15.9. The molecule has 0 bridgehead atoms. The van der Waals surface area contributed by atoms with Crippen LogP contribution in [0.5, 0.6) is 0 Å². The summed E-state index contributed by atoms with van der Waals surface area (Å²) in [5.74, 6) is 0. The van der Waals surface area contributed by atoms with E-state index in [4.69, 9.17) is 9.84 Å². The first-order valence-electron chi connectivity index (χ1n) is 6.73. The maximum atomic E-state index is 11.4. The number of hydrogen-bond acceptors (Lipinski definition) is 3. The van der Waals surface area contributed by atoms with Gasteiger partial charge in [0, 0.05) is 11.3 Å². The first-order valence-corrected chi connectivity index (χ1v) is 6.73. The van der Waals surface area contributed by atoms with Crippen molar-refractivity contribution in [3.05, 3.63) is 48.5 Å². The van der Waals surface area contributed by atoms with Gasteiger partial charge in [-0.1, -0.05) is 30.3 Å². The van der Waals surface area contributed by atoms with Crippen molar-refractivity contribution < 1.29 is 19.4 Å². The second-order valence-electron chi connectivity index (χ2n) is 4.40. The third-order valence-corrected chi connectivity index (χ3v) is 2.86. The van der Waals surface area contributed by atoms with Crippen LogP contribution in [0.4, 0.5) is 21.0 Å². The van der Waals surface area contributed by atoms with Gasteiger partial charge in [-0.05, 0) is 30.7 Å². The Hall–Kier alpha value is -3.02. The van der Waals surface area contributed by atoms with E-state index in [-0.39, 0.29) is 6.61 Å². The molecule has 22 heavy (non-hydrogen) atoms. The van der Waals surface area contributed by atoms with Crippen molar-refractivity contribution in [2.45, 2.75) is 6.92 Å². The smallest absolute Gasteiger partial charge is 0.411 e. The molecule has 3 N–H and O–H groups in total. The number of ether oxygens (including phenoxy) is 1. The molecule has 0 saturated heterocycles. The van der Waals surface area contributed by atoms with Gasteiger partial charge in [-0.3, -0.25) is 10.6 Å². The Morgan fingerprint density at radius 2 is 1.86 bits per heavy atom. The molecule has 0 radical (unpaired) electrons. The van der Waals surface area contributed by atoms with E-state index < -0.39 is 12.2 Å². The minimum absolute atomic E-state index is 0.289. The molecular formula is C16H16N2O4. The second kappa shape index (κ2) is 7.12. The fourth-order valence-electron chi connectivity index (χ4n) is 2.01. The maximum Gasteiger partial charge on any atom is 0.411 e. The molecule has 114 valence electrons. The van der Waals surface area contributed by atoms with E-state index >= 15 is 0 Å². The summed E-state index contributed by atoms with van der Waals surface area (Å²) < 4.78 is 4.83. The largest absolute Gasteiger partial charge is 0.465 e. The summed E-state index contributed by atoms with van der Waals surface area (Å²) in [6, 6.07) is 14.1. The van der Waals surface area contributed by atoms with Gasteiger partial charge in [0.1, 0.15) is 0 Å². The maximum absolute atomic E-state index is 11.4. The summed E-state index contributed by atoms with van der Waals surface area (Å²) in [6.45, 7) is 2.01. The fraction of sp³-hybridized carbons (Fsp3) is 0.125. The summed E-state index contributed by atoms with van der Waals surface area (Å²) >= 11 is 0. The van der Waals surface area contributed by atoms with Crippen molar-refractivity contribution >= 4 is 23.6 Å². The summed E-state index contributed by atoms with van der Waals surface area (Å²) in [6.07, 6.45) is -1.66. The SMILES string of the molecule is CCOC(=O)Nc1cccc(-c2ccccc2NC(=O)O)c1. The van der Waals surface area contributed by atoms with Crippen LogP contribution in [-0.2, 0) is 4.74 Å². The highest BCUT2D eigenvalue weighted by molar-refractivity contribution is 5.92. The lowest BCUT2D eigenvalue weighted by Gasteiger charge is -2.11. The topological polar surface area (TPSA) is 87.7 Å². The fourth-order valence-corrected chi connectivity index (χ4v) is 2.01. The Morgan fingerprint density at radius 3 is 2.59 bits per heavy atom. The van der Waals surface area contributed by atoms with Crippen molar-refractivity contribution in [1.82, 2.24) is 0 Å². The minimum atomic E-state index is -1.13. The van der Waals surface area contributed by atoms with Crippen molar-refractivity contribution in [3.8, 4) is 11.1 Å². The molecule has 0 heterocycles. The predicted octanol–water partition coefficient (Wildman–Crippen LogP) is 4.01. The van der Waals surface area contributed by atoms with E-state index in [0.717, 1.165) is 11.1 Å². The van der Waals surface area contributed by atoms with Crippen molar-refractivity contribution in [2.24, 2.45) is 0 Å². The normalized spacial score (nSPS) is 9.86. The standard InChI is InChI=1S/C16H16N2O4/c1-2-22-16(21)17-12-7-5-6-11(10-12)13-8-3-4-9-14(13)18-15(19)20/h3-10,18H,2H2,1H3,(H,17,21)(H,19,20). The van der Waals surface area contributed by atoms with Crippen LogP contribution < -0.4 is 10.6 Å². The van der Waals surface area contributed by atoms with Crippen LogP contribution in [0.3, 0.4) is 0 Å². The molecule has 2 aromatic rings. The Morgan fingerprint density at radius 1 is 1.09 bits per heavy atom. The third-order valence-electron chi connectivity index (χ3n) is 2.86. The number of carbonyl (C=O) groups excluding carboxylic acids is 1. The Balaban J connectivity index is 2.30. The van der Waals surface area contributed by atoms with Gasteiger partial charge in [0.2, 0.25) is 0 Å². The molecule has 2 amide bonds. The molecule has 0 aromatic heterocycles. The number of para-hydroxylation sites is 1. The van der Waals surface area contributed by atoms with Gasteiger partial charge in [0.05, 0.1) is 12.3 Å². The highest BCUT2D eigenvalue weighted by Crippen LogP contribution is 2.29. The first kappa shape index (κ1) is 15.4. The number of anilines is 2. The van der Waals surface area contributed by atoms with Crippen LogP contribution in [0.25, 0.3) is 11.1 Å². The van der Waals surface area contributed by atoms with Crippen LogP contribution in [0, 0.1) is 0 Å². The average molecular weight is 300 g/mol. The molecule has 0 aliphatic carbocycles. The van der Waals surface area contributed by atoms with Crippen LogP contribution in [0.2, 0.25) is 0 Å². The molecule has 0 unspecified atom stereocenters. The molecular weight excluding hydrogens is 284 g/mol. The minimum Gasteiger partial charge on any atom is -0.465 e. The lowest BCUT2D eigenvalue weighted by molar-refractivity contribution is 0.168. The van der Waals surface area contributed by atoms with Gasteiger partial charge < -0.3 is 9.84 Å². The van der Waals surface area contributed by atoms with Gasteiger partial charge in [-0.2, -0.15) is 0 Å². The van der Waals surface area contributed by atoms with Gasteiger partial charge in [0.15, 0.2) is 0 Å². The van der Waals surface area contributed by atoms with Gasteiger partial charge >= 0.3 is 12.2 Å². The number of nitrogens with one attached hydrogen (secondary N) is 2. The highest BCUT2D eigenvalue weighted by Gasteiger charge is 2.08. The number of amides is 2.